The number of rotatable bonds is 4. The highest BCUT2D eigenvalue weighted by atomic mass is 16.5. The van der Waals surface area contributed by atoms with Crippen LogP contribution in [0.25, 0.3) is 0 Å². The highest BCUT2D eigenvalue weighted by Crippen LogP contribution is 2.10. The first-order valence-corrected chi connectivity index (χ1v) is 6.31. The molecule has 0 aromatic carbocycles. The zero-order chi connectivity index (χ0) is 12.0. The average molecular weight is 228 g/mol. The largest absolute Gasteiger partial charge is 0.372 e. The van der Waals surface area contributed by atoms with Crippen LogP contribution >= 0.6 is 0 Å². The number of urea groups is 1. The first kappa shape index (κ1) is 13.3. The molecular formula is C12H24N2O2. The Hall–Kier alpha value is -0.770. The smallest absolute Gasteiger partial charge is 0.317 e. The minimum atomic E-state index is 0.0538. The molecule has 0 aliphatic carbocycles. The van der Waals surface area contributed by atoms with Crippen LogP contribution in [0.15, 0.2) is 0 Å². The summed E-state index contributed by atoms with van der Waals surface area (Å²) in [6.45, 7) is 8.36. The summed E-state index contributed by atoms with van der Waals surface area (Å²) in [6.07, 6.45) is 3.71. The Kier molecular flexibility index (Phi) is 5.60. The van der Waals surface area contributed by atoms with Gasteiger partial charge < -0.3 is 15.0 Å². The molecule has 0 bridgehead atoms. The normalized spacial score (nSPS) is 25.6. The number of carbonyl (C=O) groups is 1. The Bertz CT molecular complexity index is 211. The van der Waals surface area contributed by atoms with Crippen LogP contribution in [0.4, 0.5) is 4.79 Å². The molecule has 0 aromatic heterocycles. The van der Waals surface area contributed by atoms with Crippen molar-refractivity contribution in [3.05, 3.63) is 0 Å². The van der Waals surface area contributed by atoms with E-state index >= 15 is 0 Å². The van der Waals surface area contributed by atoms with Crippen LogP contribution in [0.1, 0.15) is 40.0 Å². The van der Waals surface area contributed by atoms with Crippen LogP contribution in [-0.4, -0.2) is 42.8 Å². The van der Waals surface area contributed by atoms with E-state index in [2.05, 4.69) is 12.2 Å². The van der Waals surface area contributed by atoms with Gasteiger partial charge in [0.25, 0.3) is 0 Å². The van der Waals surface area contributed by atoms with E-state index in [1.165, 1.54) is 12.8 Å². The van der Waals surface area contributed by atoms with Crippen LogP contribution in [-0.2, 0) is 4.74 Å². The van der Waals surface area contributed by atoms with E-state index in [-0.39, 0.29) is 18.2 Å². The van der Waals surface area contributed by atoms with Crippen LogP contribution in [0.3, 0.4) is 0 Å². The first-order chi connectivity index (χ1) is 7.63. The predicted octanol–water partition coefficient (Wildman–Crippen LogP) is 2.00. The summed E-state index contributed by atoms with van der Waals surface area (Å²) in [5, 5.41) is 2.96. The molecule has 0 radical (unpaired) electrons. The molecule has 4 nitrogen and oxygen atoms in total. The number of unbranched alkanes of at least 4 members (excludes halogenated alkanes) is 2. The van der Waals surface area contributed by atoms with E-state index in [0.717, 1.165) is 13.0 Å². The molecule has 1 heterocycles. The van der Waals surface area contributed by atoms with Gasteiger partial charge in [0.1, 0.15) is 0 Å². The highest BCUT2D eigenvalue weighted by Gasteiger charge is 2.25. The van der Waals surface area contributed by atoms with Gasteiger partial charge in [0, 0.05) is 19.6 Å². The number of morpholine rings is 1. The maximum absolute atomic E-state index is 11.8. The van der Waals surface area contributed by atoms with Crippen molar-refractivity contribution >= 4 is 6.03 Å². The molecule has 2 unspecified atom stereocenters. The molecule has 2 amide bonds. The third-order valence-electron chi connectivity index (χ3n) is 2.76. The topological polar surface area (TPSA) is 41.6 Å². The van der Waals surface area contributed by atoms with E-state index in [9.17, 15) is 4.79 Å². The predicted molar refractivity (Wildman–Crippen MR) is 64.5 cm³/mol. The monoisotopic (exact) mass is 228 g/mol. The summed E-state index contributed by atoms with van der Waals surface area (Å²) in [6, 6.07) is 0.0538. The lowest BCUT2D eigenvalue weighted by atomic mass is 10.2. The van der Waals surface area contributed by atoms with E-state index in [1.54, 1.807) is 0 Å². The summed E-state index contributed by atoms with van der Waals surface area (Å²) in [5.74, 6) is 0. The Morgan fingerprint density at radius 2 is 1.94 bits per heavy atom. The molecule has 0 spiro atoms. The summed E-state index contributed by atoms with van der Waals surface area (Å²) in [5.41, 5.74) is 0. The van der Waals surface area contributed by atoms with Gasteiger partial charge in [-0.2, -0.15) is 0 Å². The third-order valence-corrected chi connectivity index (χ3v) is 2.76. The molecule has 1 saturated heterocycles. The molecule has 0 aromatic rings. The molecule has 0 saturated carbocycles. The SMILES string of the molecule is CCCCCNC(=O)N1CC(C)OC(C)C1. The molecular weight excluding hydrogens is 204 g/mol. The lowest BCUT2D eigenvalue weighted by Gasteiger charge is -2.35. The minimum Gasteiger partial charge on any atom is -0.372 e. The summed E-state index contributed by atoms with van der Waals surface area (Å²) < 4.78 is 5.59. The third kappa shape index (κ3) is 4.39. The second-order valence-corrected chi connectivity index (χ2v) is 4.60. The lowest BCUT2D eigenvalue weighted by Crippen LogP contribution is -2.51. The number of amides is 2. The minimum absolute atomic E-state index is 0.0538. The summed E-state index contributed by atoms with van der Waals surface area (Å²) in [4.78, 5) is 13.7. The molecule has 1 N–H and O–H groups in total. The van der Waals surface area contributed by atoms with Crippen molar-refractivity contribution in [3.63, 3.8) is 0 Å². The van der Waals surface area contributed by atoms with Gasteiger partial charge in [-0.25, -0.2) is 4.79 Å². The van der Waals surface area contributed by atoms with Crippen molar-refractivity contribution < 1.29 is 9.53 Å². The quantitative estimate of drug-likeness (QED) is 0.748. The average Bonchev–Trinajstić information content (AvgIpc) is 2.22. The fraction of sp³-hybridized carbons (Fsp3) is 0.917. The number of hydrogen-bond acceptors (Lipinski definition) is 2. The number of hydrogen-bond donors (Lipinski definition) is 1. The van der Waals surface area contributed by atoms with Gasteiger partial charge in [0.05, 0.1) is 12.2 Å². The summed E-state index contributed by atoms with van der Waals surface area (Å²) in [7, 11) is 0. The van der Waals surface area contributed by atoms with Gasteiger partial charge >= 0.3 is 6.03 Å². The van der Waals surface area contributed by atoms with Crippen LogP contribution in [0, 0.1) is 0 Å². The maximum atomic E-state index is 11.8. The van der Waals surface area contributed by atoms with E-state index in [1.807, 2.05) is 18.7 Å². The number of nitrogens with one attached hydrogen (secondary N) is 1. The van der Waals surface area contributed by atoms with Crippen molar-refractivity contribution in [2.75, 3.05) is 19.6 Å². The second-order valence-electron chi connectivity index (χ2n) is 4.60. The molecule has 94 valence electrons. The molecule has 1 rings (SSSR count). The molecule has 16 heavy (non-hydrogen) atoms. The van der Waals surface area contributed by atoms with Gasteiger partial charge in [-0.05, 0) is 20.3 Å². The van der Waals surface area contributed by atoms with E-state index < -0.39 is 0 Å². The Labute approximate surface area is 98.3 Å². The van der Waals surface area contributed by atoms with E-state index in [0.29, 0.717) is 13.1 Å². The van der Waals surface area contributed by atoms with Crippen molar-refractivity contribution in [2.45, 2.75) is 52.2 Å². The Balaban J connectivity index is 2.24. The summed E-state index contributed by atoms with van der Waals surface area (Å²) >= 11 is 0. The van der Waals surface area contributed by atoms with Crippen LogP contribution < -0.4 is 5.32 Å². The van der Waals surface area contributed by atoms with Gasteiger partial charge in [-0.1, -0.05) is 19.8 Å². The number of carbonyl (C=O) groups excluding carboxylic acids is 1. The van der Waals surface area contributed by atoms with Gasteiger partial charge in [0.2, 0.25) is 0 Å². The fourth-order valence-electron chi connectivity index (χ4n) is 2.03. The maximum Gasteiger partial charge on any atom is 0.317 e. The molecule has 1 aliphatic heterocycles. The van der Waals surface area contributed by atoms with Crippen molar-refractivity contribution in [3.8, 4) is 0 Å². The van der Waals surface area contributed by atoms with Crippen molar-refractivity contribution in [2.24, 2.45) is 0 Å². The van der Waals surface area contributed by atoms with Crippen LogP contribution in [0.5, 0.6) is 0 Å². The molecule has 1 aliphatic rings. The van der Waals surface area contributed by atoms with E-state index in [4.69, 9.17) is 4.74 Å². The zero-order valence-electron chi connectivity index (χ0n) is 10.7. The van der Waals surface area contributed by atoms with Gasteiger partial charge in [-0.15, -0.1) is 0 Å². The zero-order valence-corrected chi connectivity index (χ0v) is 10.7. The highest BCUT2D eigenvalue weighted by molar-refractivity contribution is 5.74. The standard InChI is InChI=1S/C12H24N2O2/c1-4-5-6-7-13-12(15)14-8-10(2)16-11(3)9-14/h10-11H,4-9H2,1-3H3,(H,13,15). The van der Waals surface area contributed by atoms with Crippen LogP contribution in [0.2, 0.25) is 0 Å². The number of ether oxygens (including phenoxy) is 1. The Morgan fingerprint density at radius 3 is 2.50 bits per heavy atom. The Morgan fingerprint density at radius 1 is 1.31 bits per heavy atom. The van der Waals surface area contributed by atoms with Gasteiger partial charge in [0.15, 0.2) is 0 Å². The molecule has 2 atom stereocenters. The van der Waals surface area contributed by atoms with Crippen molar-refractivity contribution in [1.29, 1.82) is 0 Å². The fourth-order valence-corrected chi connectivity index (χ4v) is 2.03. The second kappa shape index (κ2) is 6.74. The number of nitrogens with zero attached hydrogens (tertiary/aromatic N) is 1. The molecule has 1 fully saturated rings. The van der Waals surface area contributed by atoms with Crippen molar-refractivity contribution in [1.82, 2.24) is 10.2 Å². The lowest BCUT2D eigenvalue weighted by molar-refractivity contribution is -0.0545. The van der Waals surface area contributed by atoms with Gasteiger partial charge in [-0.3, -0.25) is 0 Å². The first-order valence-electron chi connectivity index (χ1n) is 6.31. The molecule has 4 heteroatoms.